The molecule has 1 atom stereocenters. The minimum Gasteiger partial charge on any atom is -0.343 e. The van der Waals surface area contributed by atoms with Gasteiger partial charge in [-0.05, 0) is 44.9 Å². The van der Waals surface area contributed by atoms with Crippen LogP contribution in [0.15, 0.2) is 24.3 Å². The fourth-order valence-corrected chi connectivity index (χ4v) is 3.30. The average molecular weight is 342 g/mol. The molecule has 1 aliphatic rings. The zero-order valence-corrected chi connectivity index (χ0v) is 14.3. The first-order chi connectivity index (χ1) is 11.3. The molecule has 1 fully saturated rings. The number of alkyl halides is 3. The SMILES string of the molecule is CCN(CC)C(=O)C1CCCN(Cc2cccc(C(F)(F)F)c2)C1. The Kier molecular flexibility index (Phi) is 6.27. The van der Waals surface area contributed by atoms with Gasteiger partial charge in [-0.2, -0.15) is 13.2 Å². The molecule has 1 aromatic rings. The lowest BCUT2D eigenvalue weighted by molar-refractivity contribution is -0.137. The van der Waals surface area contributed by atoms with Crippen molar-refractivity contribution in [2.75, 3.05) is 26.2 Å². The zero-order valence-electron chi connectivity index (χ0n) is 14.3. The number of nitrogens with zero attached hydrogens (tertiary/aromatic N) is 2. The molecule has 6 heteroatoms. The summed E-state index contributed by atoms with van der Waals surface area (Å²) in [6.07, 6.45) is -2.57. The number of hydrogen-bond acceptors (Lipinski definition) is 2. The molecule has 1 unspecified atom stereocenters. The molecule has 1 amide bonds. The average Bonchev–Trinajstić information content (AvgIpc) is 2.55. The van der Waals surface area contributed by atoms with Gasteiger partial charge in [0.15, 0.2) is 0 Å². The quantitative estimate of drug-likeness (QED) is 0.813. The number of amides is 1. The van der Waals surface area contributed by atoms with E-state index in [0.717, 1.165) is 25.5 Å². The second-order valence-electron chi connectivity index (χ2n) is 6.28. The Morgan fingerprint density at radius 1 is 1.29 bits per heavy atom. The van der Waals surface area contributed by atoms with Crippen molar-refractivity contribution in [1.29, 1.82) is 0 Å². The third kappa shape index (κ3) is 4.72. The Labute approximate surface area is 141 Å². The molecular weight excluding hydrogens is 317 g/mol. The predicted molar refractivity (Wildman–Crippen MR) is 87.4 cm³/mol. The number of carbonyl (C=O) groups is 1. The Morgan fingerprint density at radius 2 is 2.00 bits per heavy atom. The van der Waals surface area contributed by atoms with E-state index in [9.17, 15) is 18.0 Å². The first kappa shape index (κ1) is 18.8. The van der Waals surface area contributed by atoms with Crippen molar-refractivity contribution in [3.05, 3.63) is 35.4 Å². The van der Waals surface area contributed by atoms with Crippen molar-refractivity contribution in [2.24, 2.45) is 5.92 Å². The van der Waals surface area contributed by atoms with Crippen LogP contribution in [0.5, 0.6) is 0 Å². The van der Waals surface area contributed by atoms with Gasteiger partial charge in [-0.3, -0.25) is 9.69 Å². The minimum atomic E-state index is -4.32. The second kappa shape index (κ2) is 8.01. The van der Waals surface area contributed by atoms with Crippen molar-refractivity contribution >= 4 is 5.91 Å². The lowest BCUT2D eigenvalue weighted by Crippen LogP contribution is -2.44. The van der Waals surface area contributed by atoms with Crippen LogP contribution in [0.3, 0.4) is 0 Å². The second-order valence-corrected chi connectivity index (χ2v) is 6.28. The molecular formula is C18H25F3N2O. The summed E-state index contributed by atoms with van der Waals surface area (Å²) in [5.74, 6) is 0.109. The number of rotatable bonds is 5. The summed E-state index contributed by atoms with van der Waals surface area (Å²) in [7, 11) is 0. The number of hydrogen-bond donors (Lipinski definition) is 0. The molecule has 0 spiro atoms. The highest BCUT2D eigenvalue weighted by Gasteiger charge is 2.31. The number of halogens is 3. The molecule has 1 aromatic carbocycles. The molecule has 0 radical (unpaired) electrons. The largest absolute Gasteiger partial charge is 0.416 e. The summed E-state index contributed by atoms with van der Waals surface area (Å²) in [5.41, 5.74) is 0.0218. The van der Waals surface area contributed by atoms with Crippen molar-refractivity contribution < 1.29 is 18.0 Å². The molecule has 0 aromatic heterocycles. The first-order valence-corrected chi connectivity index (χ1v) is 8.52. The molecule has 3 nitrogen and oxygen atoms in total. The minimum absolute atomic E-state index is 0.0514. The van der Waals surface area contributed by atoms with E-state index in [1.165, 1.54) is 12.1 Å². The lowest BCUT2D eigenvalue weighted by Gasteiger charge is -2.34. The Hall–Kier alpha value is -1.56. The van der Waals surface area contributed by atoms with Crippen molar-refractivity contribution in [3.63, 3.8) is 0 Å². The van der Waals surface area contributed by atoms with Crippen LogP contribution in [0.1, 0.15) is 37.8 Å². The molecule has 1 heterocycles. The molecule has 0 N–H and O–H groups in total. The molecule has 24 heavy (non-hydrogen) atoms. The molecule has 1 aliphatic heterocycles. The fraction of sp³-hybridized carbons (Fsp3) is 0.611. The van der Waals surface area contributed by atoms with Crippen molar-refractivity contribution in [2.45, 2.75) is 39.4 Å². The van der Waals surface area contributed by atoms with Crippen LogP contribution < -0.4 is 0 Å². The van der Waals surface area contributed by atoms with E-state index in [-0.39, 0.29) is 11.8 Å². The summed E-state index contributed by atoms with van der Waals surface area (Å²) in [6, 6.07) is 5.45. The maximum atomic E-state index is 12.8. The summed E-state index contributed by atoms with van der Waals surface area (Å²) >= 11 is 0. The molecule has 0 aliphatic carbocycles. The van der Waals surface area contributed by atoms with Crippen LogP contribution in [0.4, 0.5) is 13.2 Å². The molecule has 0 bridgehead atoms. The van der Waals surface area contributed by atoms with Crippen LogP contribution in [0.2, 0.25) is 0 Å². The normalized spacial score (nSPS) is 19.3. The van der Waals surface area contributed by atoms with Crippen molar-refractivity contribution in [3.8, 4) is 0 Å². The Bertz CT molecular complexity index is 555. The standard InChI is InChI=1S/C18H25F3N2O/c1-3-23(4-2)17(24)15-8-6-10-22(13-15)12-14-7-5-9-16(11-14)18(19,20)21/h5,7,9,11,15H,3-4,6,8,10,12-13H2,1-2H3. The molecule has 1 saturated heterocycles. The van der Waals surface area contributed by atoms with Crippen LogP contribution in [-0.2, 0) is 17.5 Å². The van der Waals surface area contributed by atoms with E-state index in [1.807, 2.05) is 18.7 Å². The maximum Gasteiger partial charge on any atom is 0.416 e. The third-order valence-electron chi connectivity index (χ3n) is 4.59. The highest BCUT2D eigenvalue weighted by atomic mass is 19.4. The molecule has 2 rings (SSSR count). The molecule has 0 saturated carbocycles. The highest BCUT2D eigenvalue weighted by Crippen LogP contribution is 2.30. The van der Waals surface area contributed by atoms with Crippen LogP contribution in [-0.4, -0.2) is 41.9 Å². The molecule has 134 valence electrons. The van der Waals surface area contributed by atoms with E-state index in [0.29, 0.717) is 31.7 Å². The van der Waals surface area contributed by atoms with Gasteiger partial charge >= 0.3 is 6.18 Å². The van der Waals surface area contributed by atoms with Gasteiger partial charge in [0.1, 0.15) is 0 Å². The topological polar surface area (TPSA) is 23.6 Å². The first-order valence-electron chi connectivity index (χ1n) is 8.52. The van der Waals surface area contributed by atoms with Gasteiger partial charge in [0.2, 0.25) is 5.91 Å². The van der Waals surface area contributed by atoms with E-state index in [1.54, 1.807) is 6.07 Å². The lowest BCUT2D eigenvalue weighted by atomic mass is 9.96. The summed E-state index contributed by atoms with van der Waals surface area (Å²) in [4.78, 5) is 16.4. The van der Waals surface area contributed by atoms with Crippen LogP contribution in [0.25, 0.3) is 0 Å². The number of carbonyl (C=O) groups excluding carboxylic acids is 1. The van der Waals surface area contributed by atoms with Gasteiger partial charge in [-0.1, -0.05) is 18.2 Å². The number of piperidine rings is 1. The van der Waals surface area contributed by atoms with E-state index in [4.69, 9.17) is 0 Å². The Morgan fingerprint density at radius 3 is 2.62 bits per heavy atom. The predicted octanol–water partition coefficient (Wildman–Crippen LogP) is 3.79. The van der Waals surface area contributed by atoms with E-state index in [2.05, 4.69) is 4.90 Å². The Balaban J connectivity index is 2.02. The van der Waals surface area contributed by atoms with Gasteiger partial charge in [0.05, 0.1) is 11.5 Å². The van der Waals surface area contributed by atoms with Crippen LogP contribution in [0, 0.1) is 5.92 Å². The summed E-state index contributed by atoms with van der Waals surface area (Å²) in [6.45, 7) is 7.20. The summed E-state index contributed by atoms with van der Waals surface area (Å²) < 4.78 is 38.5. The van der Waals surface area contributed by atoms with Crippen molar-refractivity contribution in [1.82, 2.24) is 9.80 Å². The highest BCUT2D eigenvalue weighted by molar-refractivity contribution is 5.79. The van der Waals surface area contributed by atoms with Gasteiger partial charge in [0.25, 0.3) is 0 Å². The van der Waals surface area contributed by atoms with E-state index >= 15 is 0 Å². The van der Waals surface area contributed by atoms with Crippen LogP contribution >= 0.6 is 0 Å². The number of likely N-dealkylation sites (tertiary alicyclic amines) is 1. The monoisotopic (exact) mass is 342 g/mol. The van der Waals surface area contributed by atoms with Gasteiger partial charge in [-0.15, -0.1) is 0 Å². The van der Waals surface area contributed by atoms with E-state index < -0.39 is 11.7 Å². The fourth-order valence-electron chi connectivity index (χ4n) is 3.30. The smallest absolute Gasteiger partial charge is 0.343 e. The van der Waals surface area contributed by atoms with Gasteiger partial charge < -0.3 is 4.90 Å². The maximum absolute atomic E-state index is 12.8. The van der Waals surface area contributed by atoms with Gasteiger partial charge in [0, 0.05) is 26.2 Å². The third-order valence-corrected chi connectivity index (χ3v) is 4.59. The van der Waals surface area contributed by atoms with Gasteiger partial charge in [-0.25, -0.2) is 0 Å². The summed E-state index contributed by atoms with van der Waals surface area (Å²) in [5, 5.41) is 0. The number of benzene rings is 1. The zero-order chi connectivity index (χ0) is 17.7.